The van der Waals surface area contributed by atoms with E-state index in [0.29, 0.717) is 12.1 Å². The molecule has 106 valence electrons. The summed E-state index contributed by atoms with van der Waals surface area (Å²) in [5.41, 5.74) is 1.26. The largest absolute Gasteiger partial charge is 0.382 e. The van der Waals surface area contributed by atoms with Gasteiger partial charge in [0, 0.05) is 29.2 Å². The average Bonchev–Trinajstić information content (AvgIpc) is 2.65. The second-order valence-electron chi connectivity index (χ2n) is 5.63. The van der Waals surface area contributed by atoms with E-state index in [0.717, 1.165) is 0 Å². The average molecular weight is 278 g/mol. The lowest BCUT2D eigenvalue weighted by molar-refractivity contribution is 0.230. The van der Waals surface area contributed by atoms with Crippen molar-refractivity contribution in [2.24, 2.45) is 0 Å². The molecular formula is C16H26N2S. The van der Waals surface area contributed by atoms with E-state index in [1.165, 1.54) is 42.9 Å². The highest BCUT2D eigenvalue weighted by molar-refractivity contribution is 7.98. The van der Waals surface area contributed by atoms with Crippen molar-refractivity contribution in [2.45, 2.75) is 50.1 Å². The van der Waals surface area contributed by atoms with Gasteiger partial charge in [0.25, 0.3) is 0 Å². The normalized spacial score (nSPS) is 21.4. The molecular weight excluding hydrogens is 252 g/mol. The minimum absolute atomic E-state index is 0.629. The van der Waals surface area contributed by atoms with E-state index >= 15 is 0 Å². The summed E-state index contributed by atoms with van der Waals surface area (Å²) in [6.07, 6.45) is 5.96. The van der Waals surface area contributed by atoms with Crippen molar-refractivity contribution in [3.8, 4) is 0 Å². The Labute approximate surface area is 122 Å². The van der Waals surface area contributed by atoms with E-state index in [1.54, 1.807) is 11.8 Å². The van der Waals surface area contributed by atoms with E-state index in [4.69, 9.17) is 0 Å². The van der Waals surface area contributed by atoms with Gasteiger partial charge in [-0.1, -0.05) is 0 Å². The summed E-state index contributed by atoms with van der Waals surface area (Å²) in [5, 5.41) is 3.70. The van der Waals surface area contributed by atoms with Crippen LogP contribution in [0.3, 0.4) is 0 Å². The molecule has 0 bridgehead atoms. The van der Waals surface area contributed by atoms with Crippen LogP contribution in [0.15, 0.2) is 29.2 Å². The lowest BCUT2D eigenvalue weighted by atomic mass is 10.1. The molecule has 1 heterocycles. The van der Waals surface area contributed by atoms with Crippen molar-refractivity contribution in [1.29, 1.82) is 0 Å². The predicted molar refractivity (Wildman–Crippen MR) is 86.2 cm³/mol. The second-order valence-corrected chi connectivity index (χ2v) is 6.51. The Morgan fingerprint density at radius 1 is 1.16 bits per heavy atom. The van der Waals surface area contributed by atoms with Gasteiger partial charge in [0.2, 0.25) is 0 Å². The third kappa shape index (κ3) is 4.43. The van der Waals surface area contributed by atoms with Gasteiger partial charge in [-0.25, -0.2) is 0 Å². The number of thioether (sulfide) groups is 1. The van der Waals surface area contributed by atoms with Crippen molar-refractivity contribution < 1.29 is 0 Å². The number of likely N-dealkylation sites (tertiary alicyclic amines) is 1. The van der Waals surface area contributed by atoms with Gasteiger partial charge in [0.05, 0.1) is 0 Å². The van der Waals surface area contributed by atoms with Crippen LogP contribution in [0.1, 0.15) is 33.1 Å². The van der Waals surface area contributed by atoms with Gasteiger partial charge < -0.3 is 10.2 Å². The third-order valence-electron chi connectivity index (χ3n) is 3.95. The molecule has 1 aliphatic rings. The lowest BCUT2D eigenvalue weighted by Crippen LogP contribution is -2.32. The van der Waals surface area contributed by atoms with Crippen LogP contribution in [-0.2, 0) is 0 Å². The first-order valence-corrected chi connectivity index (χ1v) is 8.56. The van der Waals surface area contributed by atoms with Crippen molar-refractivity contribution in [2.75, 3.05) is 24.7 Å². The molecule has 1 aromatic rings. The van der Waals surface area contributed by atoms with Gasteiger partial charge in [-0.05, 0) is 70.2 Å². The van der Waals surface area contributed by atoms with Gasteiger partial charge in [0.15, 0.2) is 0 Å². The van der Waals surface area contributed by atoms with E-state index in [-0.39, 0.29) is 0 Å². The second kappa shape index (κ2) is 7.20. The molecule has 0 spiro atoms. The number of hydrogen-bond acceptors (Lipinski definition) is 3. The van der Waals surface area contributed by atoms with Crippen LogP contribution in [0.2, 0.25) is 0 Å². The number of anilines is 1. The molecule has 2 nitrogen and oxygen atoms in total. The summed E-state index contributed by atoms with van der Waals surface area (Å²) in [7, 11) is 0. The van der Waals surface area contributed by atoms with Gasteiger partial charge in [-0.2, -0.15) is 0 Å². The quantitative estimate of drug-likeness (QED) is 0.835. The maximum absolute atomic E-state index is 3.70. The zero-order valence-electron chi connectivity index (χ0n) is 12.4. The summed E-state index contributed by atoms with van der Waals surface area (Å²) in [4.78, 5) is 3.93. The molecule has 0 radical (unpaired) electrons. The summed E-state index contributed by atoms with van der Waals surface area (Å²) in [5.74, 6) is 0. The Bertz CT molecular complexity index is 375. The third-order valence-corrected chi connectivity index (χ3v) is 4.70. The minimum Gasteiger partial charge on any atom is -0.382 e. The Morgan fingerprint density at radius 3 is 2.53 bits per heavy atom. The molecule has 1 aliphatic heterocycles. The Morgan fingerprint density at radius 2 is 1.89 bits per heavy atom. The van der Waals surface area contributed by atoms with Gasteiger partial charge >= 0.3 is 0 Å². The number of nitrogens with zero attached hydrogens (tertiary/aromatic N) is 1. The Kier molecular flexibility index (Phi) is 5.59. The first kappa shape index (κ1) is 14.7. The van der Waals surface area contributed by atoms with E-state index < -0.39 is 0 Å². The Hall–Kier alpha value is -0.670. The molecule has 1 aromatic carbocycles. The van der Waals surface area contributed by atoms with Crippen molar-refractivity contribution in [1.82, 2.24) is 4.90 Å². The molecule has 19 heavy (non-hydrogen) atoms. The lowest BCUT2D eigenvalue weighted by Gasteiger charge is -2.24. The van der Waals surface area contributed by atoms with Crippen LogP contribution < -0.4 is 5.32 Å². The van der Waals surface area contributed by atoms with Crippen molar-refractivity contribution in [3.05, 3.63) is 24.3 Å². The molecule has 1 atom stereocenters. The highest BCUT2D eigenvalue weighted by Gasteiger charge is 2.18. The highest BCUT2D eigenvalue weighted by atomic mass is 32.2. The monoisotopic (exact) mass is 278 g/mol. The van der Waals surface area contributed by atoms with Crippen LogP contribution in [0.5, 0.6) is 0 Å². The van der Waals surface area contributed by atoms with Crippen LogP contribution in [-0.4, -0.2) is 36.3 Å². The zero-order chi connectivity index (χ0) is 13.7. The summed E-state index contributed by atoms with van der Waals surface area (Å²) >= 11 is 1.80. The van der Waals surface area contributed by atoms with Crippen LogP contribution in [0, 0.1) is 0 Å². The maximum Gasteiger partial charge on any atom is 0.0343 e. The molecule has 0 saturated carbocycles. The number of nitrogens with one attached hydrogen (secondary N) is 1. The summed E-state index contributed by atoms with van der Waals surface area (Å²) in [6.45, 7) is 7.07. The molecule has 2 rings (SSSR count). The van der Waals surface area contributed by atoms with Crippen molar-refractivity contribution >= 4 is 17.4 Å². The molecule has 1 unspecified atom stereocenters. The summed E-state index contributed by atoms with van der Waals surface area (Å²) < 4.78 is 0. The molecule has 0 aromatic heterocycles. The van der Waals surface area contributed by atoms with Gasteiger partial charge in [0.1, 0.15) is 0 Å². The van der Waals surface area contributed by atoms with Crippen molar-refractivity contribution in [3.63, 3.8) is 0 Å². The molecule has 0 aliphatic carbocycles. The summed E-state index contributed by atoms with van der Waals surface area (Å²) in [6, 6.07) is 10.1. The highest BCUT2D eigenvalue weighted by Crippen LogP contribution is 2.21. The Balaban J connectivity index is 1.88. The van der Waals surface area contributed by atoms with Crippen LogP contribution >= 0.6 is 11.8 Å². The standard InChI is InChI=1S/C16H26N2S/c1-13(2)18-11-4-5-14(10-12-18)17-15-6-8-16(19-3)9-7-15/h6-9,13-14,17H,4-5,10-12H2,1-3H3. The number of hydrogen-bond donors (Lipinski definition) is 1. The number of rotatable bonds is 4. The zero-order valence-corrected chi connectivity index (χ0v) is 13.2. The first-order valence-electron chi connectivity index (χ1n) is 7.33. The fraction of sp³-hybridized carbons (Fsp3) is 0.625. The fourth-order valence-electron chi connectivity index (χ4n) is 2.70. The smallest absolute Gasteiger partial charge is 0.0343 e. The van der Waals surface area contributed by atoms with Crippen LogP contribution in [0.4, 0.5) is 5.69 Å². The number of benzene rings is 1. The predicted octanol–water partition coefficient (Wildman–Crippen LogP) is 4.08. The van der Waals surface area contributed by atoms with E-state index in [1.807, 2.05) is 0 Å². The first-order chi connectivity index (χ1) is 9.19. The van der Waals surface area contributed by atoms with E-state index in [9.17, 15) is 0 Å². The van der Waals surface area contributed by atoms with E-state index in [2.05, 4.69) is 54.6 Å². The van der Waals surface area contributed by atoms with Crippen LogP contribution in [0.25, 0.3) is 0 Å². The molecule has 0 amide bonds. The molecule has 1 fully saturated rings. The molecule has 3 heteroatoms. The topological polar surface area (TPSA) is 15.3 Å². The SMILES string of the molecule is CSc1ccc(NC2CCCN(C(C)C)CC2)cc1. The van der Waals surface area contributed by atoms with Gasteiger partial charge in [-0.15, -0.1) is 11.8 Å². The minimum atomic E-state index is 0.629. The molecule has 1 saturated heterocycles. The van der Waals surface area contributed by atoms with Gasteiger partial charge in [-0.3, -0.25) is 0 Å². The maximum atomic E-state index is 3.70. The fourth-order valence-corrected chi connectivity index (χ4v) is 3.11. The molecule has 1 N–H and O–H groups in total.